The van der Waals surface area contributed by atoms with E-state index in [0.29, 0.717) is 22.5 Å². The average Bonchev–Trinajstić information content (AvgIpc) is 2.66. The Bertz CT molecular complexity index is 847. The number of primary amides is 1. The van der Waals surface area contributed by atoms with Crippen LogP contribution in [0.5, 0.6) is 0 Å². The normalized spacial score (nSPS) is 9.81. The first-order valence-electron chi connectivity index (χ1n) is 7.82. The van der Waals surface area contributed by atoms with Crippen molar-refractivity contribution in [3.8, 4) is 0 Å². The molecular weight excluding hydrogens is 352 g/mol. The van der Waals surface area contributed by atoms with E-state index in [4.69, 9.17) is 5.73 Å². The predicted molar refractivity (Wildman–Crippen MR) is 98.4 cm³/mol. The van der Waals surface area contributed by atoms with E-state index >= 15 is 0 Å². The summed E-state index contributed by atoms with van der Waals surface area (Å²) in [6.07, 6.45) is 0. The molecule has 0 bridgehead atoms. The summed E-state index contributed by atoms with van der Waals surface area (Å²) in [7, 11) is 1.23. The molecule has 0 saturated heterocycles. The summed E-state index contributed by atoms with van der Waals surface area (Å²) < 4.78 is 4.44. The van der Waals surface area contributed by atoms with Crippen LogP contribution in [-0.2, 0) is 9.53 Å². The van der Waals surface area contributed by atoms with E-state index in [0.717, 1.165) is 0 Å². The lowest BCUT2D eigenvalue weighted by Crippen LogP contribution is -2.30. The van der Waals surface area contributed by atoms with Crippen molar-refractivity contribution in [3.05, 3.63) is 59.7 Å². The van der Waals surface area contributed by atoms with E-state index in [-0.39, 0.29) is 12.5 Å². The van der Waals surface area contributed by atoms with Gasteiger partial charge in [0.1, 0.15) is 6.54 Å². The summed E-state index contributed by atoms with van der Waals surface area (Å²) in [5, 5.41) is 7.50. The molecule has 2 aromatic rings. The number of carbonyl (C=O) groups is 4. The minimum atomic E-state index is -0.692. The molecule has 4 amide bonds. The van der Waals surface area contributed by atoms with E-state index in [2.05, 4.69) is 20.7 Å². The second-order valence-corrected chi connectivity index (χ2v) is 5.36. The second-order valence-electron chi connectivity index (χ2n) is 5.36. The monoisotopic (exact) mass is 370 g/mol. The van der Waals surface area contributed by atoms with E-state index in [1.54, 1.807) is 24.3 Å². The van der Waals surface area contributed by atoms with Crippen LogP contribution in [0.4, 0.5) is 16.2 Å². The molecule has 0 radical (unpaired) electrons. The van der Waals surface area contributed by atoms with Gasteiger partial charge in [-0.05, 0) is 48.5 Å². The molecule has 2 rings (SSSR count). The van der Waals surface area contributed by atoms with Crippen LogP contribution in [0.15, 0.2) is 48.5 Å². The van der Waals surface area contributed by atoms with E-state index in [1.165, 1.54) is 31.4 Å². The molecule has 9 heteroatoms. The zero-order chi connectivity index (χ0) is 19.8. The number of esters is 1. The number of amides is 4. The summed E-state index contributed by atoms with van der Waals surface area (Å²) in [4.78, 5) is 45.9. The Morgan fingerprint density at radius 2 is 1.30 bits per heavy atom. The molecule has 0 unspecified atom stereocenters. The van der Waals surface area contributed by atoms with Gasteiger partial charge in [-0.25, -0.2) is 4.79 Å². The zero-order valence-electron chi connectivity index (χ0n) is 14.4. The molecule has 27 heavy (non-hydrogen) atoms. The molecule has 0 atom stereocenters. The summed E-state index contributed by atoms with van der Waals surface area (Å²) >= 11 is 0. The number of rotatable bonds is 6. The van der Waals surface area contributed by atoms with Crippen molar-refractivity contribution in [3.63, 3.8) is 0 Å². The fraction of sp³-hybridized carbons (Fsp3) is 0.111. The number of hydrogen-bond acceptors (Lipinski definition) is 5. The van der Waals surface area contributed by atoms with Gasteiger partial charge < -0.3 is 26.4 Å². The molecule has 0 spiro atoms. The van der Waals surface area contributed by atoms with Crippen LogP contribution in [0.25, 0.3) is 0 Å². The van der Waals surface area contributed by atoms with Gasteiger partial charge in [0, 0.05) is 22.5 Å². The van der Waals surface area contributed by atoms with Gasteiger partial charge in [0.15, 0.2) is 0 Å². The molecule has 0 fully saturated rings. The first-order valence-corrected chi connectivity index (χ1v) is 7.82. The van der Waals surface area contributed by atoms with Gasteiger partial charge in [-0.2, -0.15) is 0 Å². The third-order valence-electron chi connectivity index (χ3n) is 3.44. The summed E-state index contributed by atoms with van der Waals surface area (Å²) in [5.41, 5.74) is 6.69. The van der Waals surface area contributed by atoms with Crippen molar-refractivity contribution < 1.29 is 23.9 Å². The van der Waals surface area contributed by atoms with Gasteiger partial charge in [-0.3, -0.25) is 14.4 Å². The minimum Gasteiger partial charge on any atom is -0.468 e. The lowest BCUT2D eigenvalue weighted by atomic mass is 10.1. The highest BCUT2D eigenvalue weighted by atomic mass is 16.5. The molecule has 0 saturated carbocycles. The highest BCUT2D eigenvalue weighted by molar-refractivity contribution is 6.05. The number of benzene rings is 2. The van der Waals surface area contributed by atoms with Crippen molar-refractivity contribution in [2.24, 2.45) is 5.73 Å². The van der Waals surface area contributed by atoms with Crippen LogP contribution in [0, 0.1) is 0 Å². The first-order chi connectivity index (χ1) is 12.9. The summed E-state index contributed by atoms with van der Waals surface area (Å²) in [6.45, 7) is -0.228. The molecule has 2 aromatic carbocycles. The van der Waals surface area contributed by atoms with Crippen molar-refractivity contribution >= 4 is 35.2 Å². The van der Waals surface area contributed by atoms with Crippen LogP contribution < -0.4 is 21.7 Å². The Kier molecular flexibility index (Phi) is 6.48. The third-order valence-corrected chi connectivity index (χ3v) is 3.44. The zero-order valence-corrected chi connectivity index (χ0v) is 14.4. The van der Waals surface area contributed by atoms with Crippen LogP contribution in [0.1, 0.15) is 20.7 Å². The van der Waals surface area contributed by atoms with Gasteiger partial charge >= 0.3 is 12.0 Å². The lowest BCUT2D eigenvalue weighted by molar-refractivity contribution is -0.139. The van der Waals surface area contributed by atoms with Gasteiger partial charge in [0.05, 0.1) is 7.11 Å². The number of nitrogens with one attached hydrogen (secondary N) is 3. The van der Waals surface area contributed by atoms with Gasteiger partial charge in [-0.15, -0.1) is 0 Å². The molecular formula is C18H18N4O5. The Labute approximate surface area is 154 Å². The molecule has 0 aliphatic heterocycles. The van der Waals surface area contributed by atoms with Crippen molar-refractivity contribution in [1.82, 2.24) is 5.32 Å². The van der Waals surface area contributed by atoms with Crippen molar-refractivity contribution in [2.75, 3.05) is 24.3 Å². The molecule has 5 N–H and O–H groups in total. The van der Waals surface area contributed by atoms with E-state index in [1.807, 2.05) is 0 Å². The smallest absolute Gasteiger partial charge is 0.325 e. The maximum atomic E-state index is 12.2. The molecule has 0 heterocycles. The van der Waals surface area contributed by atoms with Crippen molar-refractivity contribution in [1.29, 1.82) is 0 Å². The maximum Gasteiger partial charge on any atom is 0.325 e. The van der Waals surface area contributed by atoms with Gasteiger partial charge in [-0.1, -0.05) is 0 Å². The van der Waals surface area contributed by atoms with Crippen LogP contribution in [0.3, 0.4) is 0 Å². The fourth-order valence-electron chi connectivity index (χ4n) is 2.08. The molecule has 0 aliphatic carbocycles. The molecule has 0 aliphatic rings. The van der Waals surface area contributed by atoms with Crippen molar-refractivity contribution in [2.45, 2.75) is 0 Å². The minimum absolute atomic E-state index is 0.228. The molecule has 9 nitrogen and oxygen atoms in total. The largest absolute Gasteiger partial charge is 0.468 e. The van der Waals surface area contributed by atoms with Crippen LogP contribution in [0.2, 0.25) is 0 Å². The Balaban J connectivity index is 1.95. The Hall–Kier alpha value is -3.88. The second kappa shape index (κ2) is 8.99. The SMILES string of the molecule is COC(=O)CNC(=O)c1ccc(NC(=O)c2ccc(NC(N)=O)cc2)cc1. The number of ether oxygens (including phenoxy) is 1. The predicted octanol–water partition coefficient (Wildman–Crippen LogP) is 1.33. The van der Waals surface area contributed by atoms with E-state index in [9.17, 15) is 19.2 Å². The third kappa shape index (κ3) is 5.85. The van der Waals surface area contributed by atoms with Crippen LogP contribution >= 0.6 is 0 Å². The fourth-order valence-corrected chi connectivity index (χ4v) is 2.08. The van der Waals surface area contributed by atoms with Gasteiger partial charge in [0.2, 0.25) is 0 Å². The number of urea groups is 1. The van der Waals surface area contributed by atoms with E-state index < -0.39 is 17.9 Å². The lowest BCUT2D eigenvalue weighted by Gasteiger charge is -2.08. The molecule has 140 valence electrons. The number of carbonyl (C=O) groups excluding carboxylic acids is 4. The average molecular weight is 370 g/mol. The summed E-state index contributed by atoms with van der Waals surface area (Å²) in [6, 6.07) is 11.6. The quantitative estimate of drug-likeness (QED) is 0.568. The number of anilines is 2. The van der Waals surface area contributed by atoms with Gasteiger partial charge in [0.25, 0.3) is 11.8 Å². The standard InChI is InChI=1S/C18H18N4O5/c1-27-15(23)10-20-16(24)11-2-6-13(7-3-11)21-17(25)12-4-8-14(9-5-12)22-18(19)26/h2-9H,10H2,1H3,(H,20,24)(H,21,25)(H3,19,22,26). The topological polar surface area (TPSA) is 140 Å². The Morgan fingerprint density at radius 3 is 1.78 bits per heavy atom. The maximum absolute atomic E-state index is 12.2. The Morgan fingerprint density at radius 1 is 0.815 bits per heavy atom. The summed E-state index contributed by atoms with van der Waals surface area (Å²) in [5.74, 6) is -1.34. The first kappa shape index (κ1) is 19.4. The highest BCUT2D eigenvalue weighted by Gasteiger charge is 2.10. The highest BCUT2D eigenvalue weighted by Crippen LogP contribution is 2.14. The van der Waals surface area contributed by atoms with Crippen LogP contribution in [-0.4, -0.2) is 37.5 Å². The number of hydrogen-bond donors (Lipinski definition) is 4. The number of methoxy groups -OCH3 is 1. The number of nitrogens with two attached hydrogens (primary N) is 1. The molecule has 0 aromatic heterocycles.